The van der Waals surface area contributed by atoms with E-state index >= 15 is 0 Å². The largest absolute Gasteiger partial charge is 0.480 e. The van der Waals surface area contributed by atoms with E-state index in [1.54, 1.807) is 30.3 Å². The number of halogens is 1. The van der Waals surface area contributed by atoms with Crippen LogP contribution in [0.15, 0.2) is 24.3 Å². The number of carbonyl (C=O) groups is 1. The molecule has 4 heteroatoms. The molecule has 0 heterocycles. The molecule has 0 amide bonds. The Kier molecular flexibility index (Phi) is 3.33. The van der Waals surface area contributed by atoms with Gasteiger partial charge in [-0.05, 0) is 18.6 Å². The molecule has 1 rings (SSSR count). The normalized spacial score (nSPS) is 13.9. The molecule has 0 bridgehead atoms. The van der Waals surface area contributed by atoms with E-state index in [2.05, 4.69) is 0 Å². The first-order valence-corrected chi connectivity index (χ1v) is 4.75. The Hall–Kier alpha value is -1.53. The summed E-state index contributed by atoms with van der Waals surface area (Å²) in [5.41, 5.74) is -0.754. The fourth-order valence-corrected chi connectivity index (χ4v) is 1.39. The van der Waals surface area contributed by atoms with Crippen molar-refractivity contribution in [1.29, 1.82) is 5.26 Å². The third kappa shape index (κ3) is 2.48. The van der Waals surface area contributed by atoms with Crippen molar-refractivity contribution >= 4 is 17.6 Å². The summed E-state index contributed by atoms with van der Waals surface area (Å²) in [6.45, 7) is 1.39. The van der Waals surface area contributed by atoms with E-state index in [4.69, 9.17) is 22.0 Å². The molecule has 0 aliphatic carbocycles. The molecule has 1 atom stereocenters. The van der Waals surface area contributed by atoms with E-state index in [-0.39, 0.29) is 6.42 Å². The van der Waals surface area contributed by atoms with Crippen molar-refractivity contribution in [3.05, 3.63) is 34.9 Å². The predicted octanol–water partition coefficient (Wildman–Crippen LogP) is 2.50. The van der Waals surface area contributed by atoms with Gasteiger partial charge in [-0.2, -0.15) is 5.26 Å². The highest BCUT2D eigenvalue weighted by Gasteiger charge is 2.33. The van der Waals surface area contributed by atoms with Gasteiger partial charge >= 0.3 is 5.97 Å². The van der Waals surface area contributed by atoms with E-state index in [0.29, 0.717) is 10.6 Å². The molecule has 0 spiro atoms. The molecule has 0 radical (unpaired) electrons. The van der Waals surface area contributed by atoms with Crippen LogP contribution in [0.3, 0.4) is 0 Å². The average Bonchev–Trinajstić information content (AvgIpc) is 2.21. The Bertz CT molecular complexity index is 425. The minimum absolute atomic E-state index is 0.110. The SMILES string of the molecule is C[C@@](C#N)(Cc1ccccc1Cl)C(=O)O. The van der Waals surface area contributed by atoms with E-state index in [9.17, 15) is 4.79 Å². The molecule has 0 saturated carbocycles. The number of nitrogens with zero attached hydrogens (tertiary/aromatic N) is 1. The number of hydrogen-bond acceptors (Lipinski definition) is 2. The van der Waals surface area contributed by atoms with Gasteiger partial charge in [-0.3, -0.25) is 4.79 Å². The van der Waals surface area contributed by atoms with Gasteiger partial charge in [0.15, 0.2) is 5.41 Å². The molecule has 3 nitrogen and oxygen atoms in total. The molecule has 0 aliphatic rings. The molecule has 0 aliphatic heterocycles. The third-order valence-electron chi connectivity index (χ3n) is 2.22. The fourth-order valence-electron chi connectivity index (χ4n) is 1.19. The number of aliphatic carboxylic acids is 1. The van der Waals surface area contributed by atoms with E-state index < -0.39 is 11.4 Å². The maximum Gasteiger partial charge on any atom is 0.324 e. The van der Waals surface area contributed by atoms with Gasteiger partial charge in [-0.25, -0.2) is 0 Å². The van der Waals surface area contributed by atoms with Crippen molar-refractivity contribution in [2.45, 2.75) is 13.3 Å². The molecule has 15 heavy (non-hydrogen) atoms. The highest BCUT2D eigenvalue weighted by molar-refractivity contribution is 6.31. The van der Waals surface area contributed by atoms with E-state index in [1.807, 2.05) is 0 Å². The molecule has 0 saturated heterocycles. The van der Waals surface area contributed by atoms with Gasteiger partial charge < -0.3 is 5.11 Å². The van der Waals surface area contributed by atoms with Crippen molar-refractivity contribution in [2.75, 3.05) is 0 Å². The first kappa shape index (κ1) is 11.5. The molecule has 1 aromatic carbocycles. The van der Waals surface area contributed by atoms with Crippen molar-refractivity contribution in [3.8, 4) is 6.07 Å². The molecule has 78 valence electrons. The third-order valence-corrected chi connectivity index (χ3v) is 2.59. The standard InChI is InChI=1S/C11H10ClNO2/c1-11(7-13,10(14)15)6-8-4-2-3-5-9(8)12/h2-5H,6H2,1H3,(H,14,15)/t11-/m0/s1. The van der Waals surface area contributed by atoms with Crippen LogP contribution in [0.25, 0.3) is 0 Å². The minimum atomic E-state index is -1.43. The van der Waals surface area contributed by atoms with Crippen LogP contribution in [-0.4, -0.2) is 11.1 Å². The quantitative estimate of drug-likeness (QED) is 0.857. The molecular formula is C11H10ClNO2. The van der Waals surface area contributed by atoms with Gasteiger partial charge in [0, 0.05) is 11.4 Å². The van der Waals surface area contributed by atoms with E-state index in [0.717, 1.165) is 0 Å². The summed E-state index contributed by atoms with van der Waals surface area (Å²) in [5.74, 6) is -1.13. The topological polar surface area (TPSA) is 61.1 Å². The zero-order valence-corrected chi connectivity index (χ0v) is 8.95. The summed E-state index contributed by atoms with van der Waals surface area (Å²) < 4.78 is 0. The monoisotopic (exact) mass is 223 g/mol. The van der Waals surface area contributed by atoms with Crippen LogP contribution < -0.4 is 0 Å². The lowest BCUT2D eigenvalue weighted by atomic mass is 9.85. The highest BCUT2D eigenvalue weighted by Crippen LogP contribution is 2.26. The average molecular weight is 224 g/mol. The van der Waals surface area contributed by atoms with Gasteiger partial charge in [0.2, 0.25) is 0 Å². The second-order valence-electron chi connectivity index (χ2n) is 3.52. The number of rotatable bonds is 3. The summed E-state index contributed by atoms with van der Waals surface area (Å²) in [6.07, 6.45) is 0.110. The fraction of sp³-hybridized carbons (Fsp3) is 0.273. The molecule has 0 aromatic heterocycles. The van der Waals surface area contributed by atoms with Gasteiger partial charge in [-0.15, -0.1) is 0 Å². The summed E-state index contributed by atoms with van der Waals surface area (Å²) >= 11 is 5.89. The van der Waals surface area contributed by atoms with Crippen molar-refractivity contribution in [1.82, 2.24) is 0 Å². The highest BCUT2D eigenvalue weighted by atomic mass is 35.5. The van der Waals surface area contributed by atoms with Crippen molar-refractivity contribution < 1.29 is 9.90 Å². The lowest BCUT2D eigenvalue weighted by molar-refractivity contribution is -0.144. The summed E-state index contributed by atoms with van der Waals surface area (Å²) in [7, 11) is 0. The second-order valence-corrected chi connectivity index (χ2v) is 3.92. The van der Waals surface area contributed by atoms with Crippen LogP contribution >= 0.6 is 11.6 Å². The summed E-state index contributed by atoms with van der Waals surface area (Å²) in [6, 6.07) is 8.72. The lowest BCUT2D eigenvalue weighted by Gasteiger charge is -2.16. The molecule has 1 N–H and O–H groups in total. The van der Waals surface area contributed by atoms with Crippen LogP contribution in [0.2, 0.25) is 5.02 Å². The predicted molar refractivity (Wildman–Crippen MR) is 56.5 cm³/mol. The number of hydrogen-bond donors (Lipinski definition) is 1. The Morgan fingerprint density at radius 2 is 2.20 bits per heavy atom. The number of carboxylic acid groups (broad SMARTS) is 1. The summed E-state index contributed by atoms with van der Waals surface area (Å²) in [4.78, 5) is 10.9. The Morgan fingerprint density at radius 3 is 2.67 bits per heavy atom. The number of carboxylic acids is 1. The lowest BCUT2D eigenvalue weighted by Crippen LogP contribution is -2.28. The second kappa shape index (κ2) is 4.33. The Balaban J connectivity index is 3.01. The first-order chi connectivity index (χ1) is 6.99. The van der Waals surface area contributed by atoms with E-state index in [1.165, 1.54) is 6.92 Å². The maximum atomic E-state index is 10.9. The summed E-state index contributed by atoms with van der Waals surface area (Å²) in [5, 5.41) is 18.2. The van der Waals surface area contributed by atoms with Crippen LogP contribution in [0.4, 0.5) is 0 Å². The van der Waals surface area contributed by atoms with Gasteiger partial charge in [0.1, 0.15) is 0 Å². The number of nitriles is 1. The van der Waals surface area contributed by atoms with Crippen LogP contribution in [0, 0.1) is 16.7 Å². The maximum absolute atomic E-state index is 10.9. The zero-order valence-electron chi connectivity index (χ0n) is 8.20. The zero-order chi connectivity index (χ0) is 11.5. The van der Waals surface area contributed by atoms with Crippen molar-refractivity contribution in [3.63, 3.8) is 0 Å². The van der Waals surface area contributed by atoms with Gasteiger partial charge in [0.25, 0.3) is 0 Å². The molecule has 0 unspecified atom stereocenters. The minimum Gasteiger partial charge on any atom is -0.480 e. The van der Waals surface area contributed by atoms with Crippen molar-refractivity contribution in [2.24, 2.45) is 5.41 Å². The number of benzene rings is 1. The van der Waals surface area contributed by atoms with Crippen LogP contribution in [0.5, 0.6) is 0 Å². The molecule has 1 aromatic rings. The molecular weight excluding hydrogens is 214 g/mol. The van der Waals surface area contributed by atoms with Gasteiger partial charge in [0.05, 0.1) is 6.07 Å². The smallest absolute Gasteiger partial charge is 0.324 e. The Labute approximate surface area is 92.9 Å². The first-order valence-electron chi connectivity index (χ1n) is 4.37. The Morgan fingerprint density at radius 1 is 1.60 bits per heavy atom. The van der Waals surface area contributed by atoms with Crippen LogP contribution in [-0.2, 0) is 11.2 Å². The van der Waals surface area contributed by atoms with Gasteiger partial charge in [-0.1, -0.05) is 29.8 Å². The van der Waals surface area contributed by atoms with Crippen LogP contribution in [0.1, 0.15) is 12.5 Å². The molecule has 0 fully saturated rings.